The number of aromatic nitrogens is 2. The van der Waals surface area contributed by atoms with Gasteiger partial charge in [0.2, 0.25) is 0 Å². The Morgan fingerprint density at radius 3 is 2.65 bits per heavy atom. The van der Waals surface area contributed by atoms with E-state index in [2.05, 4.69) is 16.8 Å². The Hall–Kier alpha value is -1.97. The zero-order valence-corrected chi connectivity index (χ0v) is 16.0. The first-order valence-electron chi connectivity index (χ1n) is 8.49. The molecule has 0 aliphatic carbocycles. The third-order valence-corrected chi connectivity index (χ3v) is 6.45. The molecular formula is C17H24FN5O2S. The van der Waals surface area contributed by atoms with Gasteiger partial charge in [-0.2, -0.15) is 12.7 Å². The highest BCUT2D eigenvalue weighted by molar-refractivity contribution is 7.87. The van der Waals surface area contributed by atoms with E-state index in [0.717, 1.165) is 4.31 Å². The molecule has 1 fully saturated rings. The summed E-state index contributed by atoms with van der Waals surface area (Å²) in [7, 11) is -0.601. The van der Waals surface area contributed by atoms with Gasteiger partial charge in [-0.05, 0) is 19.1 Å². The quantitative estimate of drug-likeness (QED) is 0.783. The van der Waals surface area contributed by atoms with Crippen molar-refractivity contribution in [2.24, 2.45) is 0 Å². The van der Waals surface area contributed by atoms with E-state index < -0.39 is 10.2 Å². The van der Waals surface area contributed by atoms with Crippen LogP contribution in [0, 0.1) is 5.82 Å². The summed E-state index contributed by atoms with van der Waals surface area (Å²) in [5.41, 5.74) is 0.607. The average Bonchev–Trinajstić information content (AvgIpc) is 3.06. The Bertz CT molecular complexity index is 868. The Kier molecular flexibility index (Phi) is 5.31. The van der Waals surface area contributed by atoms with Gasteiger partial charge in [0.1, 0.15) is 11.6 Å². The fraction of sp³-hybridized carbons (Fsp3) is 0.471. The lowest BCUT2D eigenvalue weighted by atomic mass is 10.1. The van der Waals surface area contributed by atoms with Gasteiger partial charge in [0.15, 0.2) is 0 Å². The van der Waals surface area contributed by atoms with Crippen LogP contribution < -0.4 is 4.90 Å². The first kappa shape index (κ1) is 18.8. The van der Waals surface area contributed by atoms with Crippen molar-refractivity contribution in [3.8, 4) is 0 Å². The number of para-hydroxylation sites is 1. The molecule has 26 heavy (non-hydrogen) atoms. The summed E-state index contributed by atoms with van der Waals surface area (Å²) in [6, 6.07) is 6.90. The maximum absolute atomic E-state index is 14.0. The Morgan fingerprint density at radius 1 is 1.27 bits per heavy atom. The fourth-order valence-electron chi connectivity index (χ4n) is 3.16. The first-order valence-corrected chi connectivity index (χ1v) is 9.89. The molecule has 1 unspecified atom stereocenters. The number of nitrogens with zero attached hydrogens (tertiary/aromatic N) is 5. The minimum absolute atomic E-state index is 0.135. The van der Waals surface area contributed by atoms with Crippen LogP contribution in [0.2, 0.25) is 0 Å². The third-order valence-electron chi connectivity index (χ3n) is 4.69. The number of hydrogen-bond acceptors (Lipinski definition) is 5. The SMILES string of the molecule is CC1CN(c2ccccc2F)CCN1Cc1nccn1S(=O)(=O)N(C)C. The van der Waals surface area contributed by atoms with Gasteiger partial charge in [-0.25, -0.2) is 13.3 Å². The van der Waals surface area contributed by atoms with Crippen LogP contribution in [0.4, 0.5) is 10.1 Å². The Labute approximate surface area is 153 Å². The molecular weight excluding hydrogens is 357 g/mol. The Balaban J connectivity index is 1.73. The molecule has 0 spiro atoms. The summed E-state index contributed by atoms with van der Waals surface area (Å²) in [5, 5.41) is 0. The Morgan fingerprint density at radius 2 is 2.00 bits per heavy atom. The monoisotopic (exact) mass is 381 g/mol. The molecule has 1 aliphatic rings. The molecule has 9 heteroatoms. The molecule has 1 atom stereocenters. The van der Waals surface area contributed by atoms with Gasteiger partial charge in [0.05, 0.1) is 12.2 Å². The minimum atomic E-state index is -3.59. The molecule has 0 saturated carbocycles. The summed E-state index contributed by atoms with van der Waals surface area (Å²) < 4.78 is 41.2. The van der Waals surface area contributed by atoms with E-state index in [1.807, 2.05) is 11.0 Å². The molecule has 7 nitrogen and oxygen atoms in total. The van der Waals surface area contributed by atoms with E-state index in [0.29, 0.717) is 37.7 Å². The number of hydrogen-bond donors (Lipinski definition) is 0. The average molecular weight is 381 g/mol. The van der Waals surface area contributed by atoms with Crippen LogP contribution in [-0.4, -0.2) is 66.4 Å². The van der Waals surface area contributed by atoms with E-state index in [-0.39, 0.29) is 11.9 Å². The molecule has 1 aromatic heterocycles. The van der Waals surface area contributed by atoms with Gasteiger partial charge in [0, 0.05) is 52.2 Å². The van der Waals surface area contributed by atoms with E-state index >= 15 is 0 Å². The summed E-state index contributed by atoms with van der Waals surface area (Å²) in [5.74, 6) is 0.255. The van der Waals surface area contributed by atoms with Crippen molar-refractivity contribution in [1.82, 2.24) is 18.2 Å². The van der Waals surface area contributed by atoms with E-state index in [1.165, 1.54) is 36.5 Å². The highest BCUT2D eigenvalue weighted by Crippen LogP contribution is 2.23. The third kappa shape index (κ3) is 3.60. The number of anilines is 1. The topological polar surface area (TPSA) is 61.7 Å². The first-order chi connectivity index (χ1) is 12.3. The lowest BCUT2D eigenvalue weighted by Gasteiger charge is -2.40. The largest absolute Gasteiger partial charge is 0.366 e. The number of halogens is 1. The fourth-order valence-corrected chi connectivity index (χ4v) is 4.09. The van der Waals surface area contributed by atoms with Crippen molar-refractivity contribution in [2.75, 3.05) is 38.6 Å². The molecule has 1 saturated heterocycles. The predicted octanol–water partition coefficient (Wildman–Crippen LogP) is 1.39. The van der Waals surface area contributed by atoms with Crippen LogP contribution >= 0.6 is 0 Å². The van der Waals surface area contributed by atoms with Gasteiger partial charge in [-0.1, -0.05) is 12.1 Å². The normalized spacial score (nSPS) is 19.3. The molecule has 0 bridgehead atoms. The van der Waals surface area contributed by atoms with Gasteiger partial charge < -0.3 is 4.90 Å². The minimum Gasteiger partial charge on any atom is -0.366 e. The molecule has 2 heterocycles. The van der Waals surface area contributed by atoms with Crippen molar-refractivity contribution < 1.29 is 12.8 Å². The van der Waals surface area contributed by atoms with E-state index in [4.69, 9.17) is 0 Å². The van der Waals surface area contributed by atoms with E-state index in [9.17, 15) is 12.8 Å². The lowest BCUT2D eigenvalue weighted by Crippen LogP contribution is -2.52. The molecule has 0 radical (unpaired) electrons. The molecule has 1 aliphatic heterocycles. The van der Waals surface area contributed by atoms with Crippen molar-refractivity contribution >= 4 is 15.9 Å². The summed E-state index contributed by atoms with van der Waals surface area (Å²) in [6.07, 6.45) is 2.96. The number of rotatable bonds is 5. The van der Waals surface area contributed by atoms with Crippen molar-refractivity contribution in [1.29, 1.82) is 0 Å². The lowest BCUT2D eigenvalue weighted by molar-refractivity contribution is 0.176. The second-order valence-corrected chi connectivity index (χ2v) is 8.67. The van der Waals surface area contributed by atoms with Crippen LogP contribution in [0.1, 0.15) is 12.7 Å². The maximum Gasteiger partial charge on any atom is 0.308 e. The van der Waals surface area contributed by atoms with Gasteiger partial charge >= 0.3 is 10.2 Å². The molecule has 3 rings (SSSR count). The van der Waals surface area contributed by atoms with Gasteiger partial charge in [-0.3, -0.25) is 4.90 Å². The second kappa shape index (κ2) is 7.34. The van der Waals surface area contributed by atoms with E-state index in [1.54, 1.807) is 12.1 Å². The molecule has 0 amide bonds. The van der Waals surface area contributed by atoms with Crippen LogP contribution in [-0.2, 0) is 16.8 Å². The standard InChI is InChI=1S/C17H24FN5O2S/c1-14-12-22(16-7-5-4-6-15(16)18)11-10-21(14)13-17-19-8-9-23(17)26(24,25)20(2)3/h4-9,14H,10-13H2,1-3H3. The van der Waals surface area contributed by atoms with Gasteiger partial charge in [0.25, 0.3) is 0 Å². The zero-order chi connectivity index (χ0) is 18.9. The van der Waals surface area contributed by atoms with Gasteiger partial charge in [-0.15, -0.1) is 0 Å². The van der Waals surface area contributed by atoms with Crippen molar-refractivity contribution in [3.63, 3.8) is 0 Å². The van der Waals surface area contributed by atoms with Crippen LogP contribution in [0.25, 0.3) is 0 Å². The smallest absolute Gasteiger partial charge is 0.308 e. The second-order valence-electron chi connectivity index (χ2n) is 6.65. The highest BCUT2D eigenvalue weighted by Gasteiger charge is 2.28. The highest BCUT2D eigenvalue weighted by atomic mass is 32.2. The molecule has 2 aromatic rings. The molecule has 1 aromatic carbocycles. The summed E-state index contributed by atoms with van der Waals surface area (Å²) in [4.78, 5) is 8.42. The van der Waals surface area contributed by atoms with Crippen LogP contribution in [0.5, 0.6) is 0 Å². The zero-order valence-electron chi connectivity index (χ0n) is 15.2. The van der Waals surface area contributed by atoms with Crippen LogP contribution in [0.3, 0.4) is 0 Å². The van der Waals surface area contributed by atoms with Crippen LogP contribution in [0.15, 0.2) is 36.7 Å². The summed E-state index contributed by atoms with van der Waals surface area (Å²) >= 11 is 0. The summed E-state index contributed by atoms with van der Waals surface area (Å²) in [6.45, 7) is 4.52. The molecule has 0 N–H and O–H groups in total. The number of imidazole rings is 1. The predicted molar refractivity (Wildman–Crippen MR) is 98.7 cm³/mol. The number of piperazine rings is 1. The number of benzene rings is 1. The van der Waals surface area contributed by atoms with Crippen molar-refractivity contribution in [3.05, 3.63) is 48.3 Å². The molecule has 142 valence electrons. The van der Waals surface area contributed by atoms with Crippen molar-refractivity contribution in [2.45, 2.75) is 19.5 Å². The maximum atomic E-state index is 14.0.